The number of rotatable bonds is 8. The first-order valence-corrected chi connectivity index (χ1v) is 11.0. The summed E-state index contributed by atoms with van der Waals surface area (Å²) in [4.78, 5) is 18.0. The number of hydrogen-bond donors (Lipinski definition) is 0. The highest BCUT2D eigenvalue weighted by Crippen LogP contribution is 2.32. The van der Waals surface area contributed by atoms with Gasteiger partial charge in [-0.15, -0.1) is 24.8 Å². The van der Waals surface area contributed by atoms with Gasteiger partial charge in [-0.1, -0.05) is 13.0 Å². The van der Waals surface area contributed by atoms with Gasteiger partial charge in [0.05, 0.1) is 25.2 Å². The van der Waals surface area contributed by atoms with Crippen LogP contribution in [0.15, 0.2) is 51.9 Å². The lowest BCUT2D eigenvalue weighted by Gasteiger charge is -2.33. The Morgan fingerprint density at radius 1 is 0.912 bits per heavy atom. The number of nitrogens with zero attached hydrogens (tertiary/aromatic N) is 2. The summed E-state index contributed by atoms with van der Waals surface area (Å²) >= 11 is 0. The van der Waals surface area contributed by atoms with Gasteiger partial charge >= 0.3 is 0 Å². The molecule has 7 nitrogen and oxygen atoms in total. The Kier molecular flexibility index (Phi) is 10.5. The van der Waals surface area contributed by atoms with Gasteiger partial charge in [-0.05, 0) is 36.4 Å². The molecule has 1 fully saturated rings. The maximum Gasteiger partial charge on any atom is 0.200 e. The second kappa shape index (κ2) is 12.9. The van der Waals surface area contributed by atoms with Crippen molar-refractivity contribution < 1.29 is 18.6 Å². The van der Waals surface area contributed by atoms with Gasteiger partial charge in [-0.25, -0.2) is 0 Å². The molecule has 34 heavy (non-hydrogen) atoms. The number of fused-ring (bicyclic) bond motifs is 1. The van der Waals surface area contributed by atoms with Crippen LogP contribution in [0.25, 0.3) is 22.1 Å². The molecule has 0 bridgehead atoms. The van der Waals surface area contributed by atoms with Gasteiger partial charge in [0.25, 0.3) is 0 Å². The summed E-state index contributed by atoms with van der Waals surface area (Å²) in [6, 6.07) is 10.7. The van der Waals surface area contributed by atoms with Crippen LogP contribution in [0.3, 0.4) is 0 Å². The smallest absolute Gasteiger partial charge is 0.200 e. The summed E-state index contributed by atoms with van der Waals surface area (Å²) in [7, 11) is 3.14. The summed E-state index contributed by atoms with van der Waals surface area (Å²) in [5.74, 6) is 1.87. The molecule has 0 N–H and O–H groups in total. The van der Waals surface area contributed by atoms with E-state index in [4.69, 9.17) is 18.6 Å². The molecule has 0 atom stereocenters. The van der Waals surface area contributed by atoms with E-state index in [1.165, 1.54) is 6.26 Å². The van der Waals surface area contributed by atoms with Gasteiger partial charge in [0, 0.05) is 38.8 Å². The molecular formula is C25H32Cl2N2O5. The van der Waals surface area contributed by atoms with Gasteiger partial charge in [0.2, 0.25) is 0 Å². The van der Waals surface area contributed by atoms with E-state index in [0.717, 1.165) is 39.3 Å². The summed E-state index contributed by atoms with van der Waals surface area (Å²) in [5, 5.41) is 0.514. The molecule has 0 amide bonds. The molecule has 4 rings (SSSR count). The Labute approximate surface area is 212 Å². The van der Waals surface area contributed by atoms with Crippen molar-refractivity contribution >= 4 is 35.8 Å². The Bertz CT molecular complexity index is 1130. The van der Waals surface area contributed by atoms with Crippen LogP contribution in [-0.2, 0) is 0 Å². The Balaban J connectivity index is 0.00000204. The van der Waals surface area contributed by atoms with Gasteiger partial charge in [0.15, 0.2) is 16.9 Å². The number of benzene rings is 2. The molecule has 0 radical (unpaired) electrons. The minimum Gasteiger partial charge on any atom is -0.493 e. The second-order valence-electron chi connectivity index (χ2n) is 7.83. The van der Waals surface area contributed by atoms with E-state index in [9.17, 15) is 4.79 Å². The topological polar surface area (TPSA) is 64.4 Å². The van der Waals surface area contributed by atoms with Crippen molar-refractivity contribution in [2.75, 3.05) is 60.1 Å². The van der Waals surface area contributed by atoms with Crippen LogP contribution in [0, 0.1) is 0 Å². The SMILES string of the molecule is CCN1CCN(CCOc2ccc3c(=O)c(-c4ccc(OC)c(OC)c4)coc3c2)CC1.Cl.Cl. The molecule has 1 saturated heterocycles. The second-order valence-corrected chi connectivity index (χ2v) is 7.83. The fourth-order valence-electron chi connectivity index (χ4n) is 4.02. The fraction of sp³-hybridized carbons (Fsp3) is 0.400. The Morgan fingerprint density at radius 2 is 1.62 bits per heavy atom. The molecule has 186 valence electrons. The van der Waals surface area contributed by atoms with Crippen LogP contribution in [0.5, 0.6) is 17.2 Å². The number of likely N-dealkylation sites (N-methyl/N-ethyl adjacent to an activating group) is 1. The first-order chi connectivity index (χ1) is 15.6. The summed E-state index contributed by atoms with van der Waals surface area (Å²) in [6.45, 7) is 9.17. The van der Waals surface area contributed by atoms with Crippen molar-refractivity contribution in [1.82, 2.24) is 9.80 Å². The highest BCUT2D eigenvalue weighted by molar-refractivity contribution is 5.85. The lowest BCUT2D eigenvalue weighted by atomic mass is 10.0. The molecule has 1 aromatic heterocycles. The Morgan fingerprint density at radius 3 is 2.29 bits per heavy atom. The third kappa shape index (κ3) is 6.16. The predicted octanol–water partition coefficient (Wildman–Crippen LogP) is 4.34. The molecule has 1 aliphatic heterocycles. The van der Waals surface area contributed by atoms with Crippen molar-refractivity contribution in [2.45, 2.75) is 6.92 Å². The van der Waals surface area contributed by atoms with Gasteiger partial charge in [-0.3, -0.25) is 9.69 Å². The summed E-state index contributed by atoms with van der Waals surface area (Å²) in [5.41, 5.74) is 1.59. The highest BCUT2D eigenvalue weighted by Gasteiger charge is 2.16. The average molecular weight is 511 g/mol. The predicted molar refractivity (Wildman–Crippen MR) is 140 cm³/mol. The maximum atomic E-state index is 13.1. The quantitative estimate of drug-likeness (QED) is 0.446. The van der Waals surface area contributed by atoms with Crippen molar-refractivity contribution in [3.05, 3.63) is 52.9 Å². The summed E-state index contributed by atoms with van der Waals surface area (Å²) in [6.07, 6.45) is 1.49. The third-order valence-electron chi connectivity index (χ3n) is 6.03. The van der Waals surface area contributed by atoms with Crippen molar-refractivity contribution in [2.24, 2.45) is 0 Å². The highest BCUT2D eigenvalue weighted by atomic mass is 35.5. The van der Waals surface area contributed by atoms with Crippen molar-refractivity contribution in [1.29, 1.82) is 0 Å². The molecule has 9 heteroatoms. The zero-order valence-corrected chi connectivity index (χ0v) is 21.4. The summed E-state index contributed by atoms with van der Waals surface area (Å²) < 4.78 is 22.4. The molecule has 0 spiro atoms. The van der Waals surface area contributed by atoms with Gasteiger partial charge < -0.3 is 23.5 Å². The van der Waals surface area contributed by atoms with Gasteiger partial charge in [-0.2, -0.15) is 0 Å². The van der Waals surface area contributed by atoms with E-state index < -0.39 is 0 Å². The minimum atomic E-state index is -0.0983. The zero-order chi connectivity index (χ0) is 22.5. The largest absolute Gasteiger partial charge is 0.493 e. The molecule has 0 unspecified atom stereocenters. The maximum absolute atomic E-state index is 13.1. The molecule has 3 aromatic rings. The number of hydrogen-bond acceptors (Lipinski definition) is 7. The fourth-order valence-corrected chi connectivity index (χ4v) is 4.02. The number of piperazine rings is 1. The lowest BCUT2D eigenvalue weighted by Crippen LogP contribution is -2.47. The first kappa shape index (κ1) is 27.8. The van der Waals surface area contributed by atoms with Crippen LogP contribution in [0.1, 0.15) is 6.92 Å². The molecule has 0 aliphatic carbocycles. The van der Waals surface area contributed by atoms with E-state index in [1.807, 2.05) is 12.1 Å². The average Bonchev–Trinajstić information content (AvgIpc) is 2.84. The van der Waals surface area contributed by atoms with Crippen molar-refractivity contribution in [3.63, 3.8) is 0 Å². The Hall–Kier alpha value is -2.45. The standard InChI is InChI=1S/C25H30N2O5.2ClH/c1-4-26-9-11-27(12-10-26)13-14-31-19-6-7-20-23(16-19)32-17-21(25(20)28)18-5-8-22(29-2)24(15-18)30-3;;/h5-8,15-17H,4,9-14H2,1-3H3;2*1H. The minimum absolute atomic E-state index is 0. The van der Waals surface area contributed by atoms with E-state index in [2.05, 4.69) is 16.7 Å². The van der Waals surface area contributed by atoms with E-state index in [-0.39, 0.29) is 30.2 Å². The normalized spacial score (nSPS) is 14.2. The number of methoxy groups -OCH3 is 2. The molecule has 0 saturated carbocycles. The van der Waals surface area contributed by atoms with Crippen LogP contribution in [0.2, 0.25) is 0 Å². The van der Waals surface area contributed by atoms with Crippen LogP contribution in [0.4, 0.5) is 0 Å². The zero-order valence-electron chi connectivity index (χ0n) is 19.7. The van der Waals surface area contributed by atoms with Crippen LogP contribution < -0.4 is 19.6 Å². The molecule has 2 aromatic carbocycles. The monoisotopic (exact) mass is 510 g/mol. The van der Waals surface area contributed by atoms with Crippen molar-refractivity contribution in [3.8, 4) is 28.4 Å². The first-order valence-electron chi connectivity index (χ1n) is 11.0. The lowest BCUT2D eigenvalue weighted by molar-refractivity contribution is 0.121. The number of halogens is 2. The van der Waals surface area contributed by atoms with Gasteiger partial charge in [0.1, 0.15) is 24.2 Å². The van der Waals surface area contributed by atoms with E-state index in [0.29, 0.717) is 46.0 Å². The van der Waals surface area contributed by atoms with E-state index in [1.54, 1.807) is 38.5 Å². The third-order valence-corrected chi connectivity index (χ3v) is 6.03. The van der Waals surface area contributed by atoms with E-state index >= 15 is 0 Å². The molecular weight excluding hydrogens is 479 g/mol. The van der Waals surface area contributed by atoms with Crippen LogP contribution >= 0.6 is 24.8 Å². The molecule has 2 heterocycles. The molecule has 1 aliphatic rings. The van der Waals surface area contributed by atoms with Crippen LogP contribution in [-0.4, -0.2) is 69.9 Å². The number of ether oxygens (including phenoxy) is 3.